The molecule has 0 unspecified atom stereocenters. The smallest absolute Gasteiger partial charge is 0.213 e. The zero-order valence-electron chi connectivity index (χ0n) is 10.4. The summed E-state index contributed by atoms with van der Waals surface area (Å²) in [6.07, 6.45) is 3.43. The van der Waals surface area contributed by atoms with Gasteiger partial charge >= 0.3 is 0 Å². The van der Waals surface area contributed by atoms with Crippen molar-refractivity contribution in [2.45, 2.75) is 23.5 Å². The number of hydrogen-bond donors (Lipinski definition) is 1. The Balaban J connectivity index is 1.86. The second-order valence-corrected chi connectivity index (χ2v) is 5.79. The summed E-state index contributed by atoms with van der Waals surface area (Å²) < 4.78 is 4.75. The van der Waals surface area contributed by atoms with Gasteiger partial charge in [-0.2, -0.15) is 4.98 Å². The fraction of sp³-hybridized carbons (Fsp3) is 0.385. The molecule has 2 aromatic rings. The van der Waals surface area contributed by atoms with Crippen molar-refractivity contribution in [2.75, 3.05) is 13.1 Å². The van der Waals surface area contributed by atoms with Gasteiger partial charge in [-0.25, -0.2) is 0 Å². The van der Waals surface area contributed by atoms with Crippen molar-refractivity contribution in [1.82, 2.24) is 15.5 Å². The van der Waals surface area contributed by atoms with E-state index in [9.17, 15) is 0 Å². The van der Waals surface area contributed by atoms with E-state index in [1.165, 1.54) is 17.5 Å². The Morgan fingerprint density at radius 3 is 3.05 bits per heavy atom. The van der Waals surface area contributed by atoms with Crippen LogP contribution in [0.1, 0.15) is 17.0 Å². The van der Waals surface area contributed by atoms with Crippen molar-refractivity contribution in [1.29, 1.82) is 0 Å². The molecule has 0 spiro atoms. The minimum absolute atomic E-state index is 0.681. The Labute approximate surface area is 120 Å². The maximum atomic E-state index is 6.35. The van der Waals surface area contributed by atoms with Gasteiger partial charge in [0, 0.05) is 4.90 Å². The van der Waals surface area contributed by atoms with E-state index in [1.54, 1.807) is 11.8 Å². The highest BCUT2D eigenvalue weighted by atomic mass is 35.5. The fourth-order valence-electron chi connectivity index (χ4n) is 2.26. The Bertz CT molecular complexity index is 559. The first-order chi connectivity index (χ1) is 9.34. The number of hydrogen-bond acceptors (Lipinski definition) is 5. The number of halogens is 1. The second kappa shape index (κ2) is 5.94. The zero-order chi connectivity index (χ0) is 13.1. The quantitative estimate of drug-likeness (QED) is 0.882. The molecule has 4 nitrogen and oxygen atoms in total. The van der Waals surface area contributed by atoms with Gasteiger partial charge in [0.2, 0.25) is 6.39 Å². The molecule has 0 amide bonds. The molecule has 0 saturated carbocycles. The summed E-state index contributed by atoms with van der Waals surface area (Å²) in [5.41, 5.74) is 2.76. The van der Waals surface area contributed by atoms with Gasteiger partial charge in [0.05, 0.1) is 10.8 Å². The van der Waals surface area contributed by atoms with Crippen LogP contribution in [0.2, 0.25) is 5.02 Å². The molecule has 1 aromatic carbocycles. The van der Waals surface area contributed by atoms with Crippen molar-refractivity contribution in [2.24, 2.45) is 0 Å². The van der Waals surface area contributed by atoms with Gasteiger partial charge < -0.3 is 9.84 Å². The molecule has 19 heavy (non-hydrogen) atoms. The van der Waals surface area contributed by atoms with Gasteiger partial charge in [-0.05, 0) is 43.1 Å². The first-order valence-electron chi connectivity index (χ1n) is 6.23. The Hall–Kier alpha value is -1.04. The predicted molar refractivity (Wildman–Crippen MR) is 75.6 cm³/mol. The zero-order valence-corrected chi connectivity index (χ0v) is 11.9. The van der Waals surface area contributed by atoms with E-state index < -0.39 is 0 Å². The van der Waals surface area contributed by atoms with Crippen LogP contribution in [0.5, 0.6) is 0 Å². The minimum atomic E-state index is 0.681. The lowest BCUT2D eigenvalue weighted by Crippen LogP contribution is -2.16. The summed E-state index contributed by atoms with van der Waals surface area (Å²) in [6.45, 7) is 2.03. The Kier molecular flexibility index (Phi) is 4.06. The summed E-state index contributed by atoms with van der Waals surface area (Å²) in [5.74, 6) is 1.38. The first kappa shape index (κ1) is 13.0. The molecular weight excluding hydrogens is 282 g/mol. The first-order valence-corrected chi connectivity index (χ1v) is 7.60. The number of benzene rings is 1. The molecular formula is C13H14ClN3OS. The number of nitrogens with one attached hydrogen (secondary N) is 1. The number of nitrogens with zero attached hydrogens (tertiary/aromatic N) is 2. The van der Waals surface area contributed by atoms with Crippen LogP contribution in [-0.2, 0) is 18.6 Å². The Morgan fingerprint density at radius 1 is 1.32 bits per heavy atom. The van der Waals surface area contributed by atoms with Gasteiger partial charge in [-0.3, -0.25) is 0 Å². The molecule has 1 N–H and O–H groups in total. The van der Waals surface area contributed by atoms with E-state index in [4.69, 9.17) is 16.1 Å². The third-order valence-electron chi connectivity index (χ3n) is 3.18. The molecule has 6 heteroatoms. The molecule has 0 bridgehead atoms. The summed E-state index contributed by atoms with van der Waals surface area (Å²) >= 11 is 8.03. The lowest BCUT2D eigenvalue weighted by Gasteiger charge is -2.13. The molecule has 3 rings (SSSR count). The normalized spacial score (nSPS) is 15.0. The van der Waals surface area contributed by atoms with Gasteiger partial charge in [-0.15, -0.1) is 11.8 Å². The van der Waals surface area contributed by atoms with E-state index in [0.717, 1.165) is 35.8 Å². The molecule has 1 aliphatic rings. The van der Waals surface area contributed by atoms with Gasteiger partial charge in [0.25, 0.3) is 0 Å². The van der Waals surface area contributed by atoms with Crippen molar-refractivity contribution in [3.05, 3.63) is 40.5 Å². The minimum Gasteiger partial charge on any atom is -0.343 e. The molecule has 2 heterocycles. The van der Waals surface area contributed by atoms with Crippen molar-refractivity contribution >= 4 is 23.4 Å². The van der Waals surface area contributed by atoms with Crippen molar-refractivity contribution in [3.8, 4) is 0 Å². The average molecular weight is 296 g/mol. The van der Waals surface area contributed by atoms with Gasteiger partial charge in [-0.1, -0.05) is 22.8 Å². The fourth-order valence-corrected chi connectivity index (χ4v) is 3.61. The van der Waals surface area contributed by atoms with Crippen LogP contribution in [0, 0.1) is 0 Å². The topological polar surface area (TPSA) is 51.0 Å². The SMILES string of the molecule is Clc1ccc2c(c1SCc1ncon1)CCNCC2. The van der Waals surface area contributed by atoms with E-state index >= 15 is 0 Å². The lowest BCUT2D eigenvalue weighted by atomic mass is 10.0. The maximum Gasteiger partial charge on any atom is 0.213 e. The molecule has 0 radical (unpaired) electrons. The van der Waals surface area contributed by atoms with Crippen LogP contribution in [0.25, 0.3) is 0 Å². The van der Waals surface area contributed by atoms with Crippen molar-refractivity contribution < 1.29 is 4.52 Å². The molecule has 0 atom stereocenters. The van der Waals surface area contributed by atoms with Crippen LogP contribution in [-0.4, -0.2) is 23.2 Å². The third-order valence-corrected chi connectivity index (χ3v) is 4.77. The van der Waals surface area contributed by atoms with Crippen LogP contribution in [0.4, 0.5) is 0 Å². The Morgan fingerprint density at radius 2 is 2.21 bits per heavy atom. The van der Waals surface area contributed by atoms with Gasteiger partial charge in [0.15, 0.2) is 5.82 Å². The third kappa shape index (κ3) is 2.94. The maximum absolute atomic E-state index is 6.35. The van der Waals surface area contributed by atoms with Gasteiger partial charge in [0.1, 0.15) is 0 Å². The van der Waals surface area contributed by atoms with E-state index in [0.29, 0.717) is 11.6 Å². The highest BCUT2D eigenvalue weighted by molar-refractivity contribution is 7.98. The summed E-state index contributed by atoms with van der Waals surface area (Å²) in [4.78, 5) is 5.20. The van der Waals surface area contributed by atoms with Crippen LogP contribution >= 0.6 is 23.4 Å². The van der Waals surface area contributed by atoms with E-state index in [-0.39, 0.29) is 0 Å². The highest BCUT2D eigenvalue weighted by Gasteiger charge is 2.15. The van der Waals surface area contributed by atoms with Crippen molar-refractivity contribution in [3.63, 3.8) is 0 Å². The van der Waals surface area contributed by atoms with Crippen LogP contribution in [0.3, 0.4) is 0 Å². The van der Waals surface area contributed by atoms with E-state index in [1.807, 2.05) is 6.07 Å². The lowest BCUT2D eigenvalue weighted by molar-refractivity contribution is 0.412. The summed E-state index contributed by atoms with van der Waals surface area (Å²) in [7, 11) is 0. The summed E-state index contributed by atoms with van der Waals surface area (Å²) in [5, 5.41) is 8.06. The molecule has 1 aromatic heterocycles. The monoisotopic (exact) mass is 295 g/mol. The molecule has 0 fully saturated rings. The summed E-state index contributed by atoms with van der Waals surface area (Å²) in [6, 6.07) is 4.13. The largest absolute Gasteiger partial charge is 0.343 e. The molecule has 0 saturated heterocycles. The molecule has 0 aliphatic carbocycles. The predicted octanol–water partition coefficient (Wildman–Crippen LogP) is 2.70. The number of rotatable bonds is 3. The highest BCUT2D eigenvalue weighted by Crippen LogP contribution is 2.35. The molecule has 1 aliphatic heterocycles. The number of thioether (sulfide) groups is 1. The average Bonchev–Trinajstić information content (AvgIpc) is 2.82. The van der Waals surface area contributed by atoms with Crippen LogP contribution in [0.15, 0.2) is 27.9 Å². The van der Waals surface area contributed by atoms with E-state index in [2.05, 4.69) is 21.5 Å². The number of fused-ring (bicyclic) bond motifs is 1. The standard InChI is InChI=1S/C13H14ClN3OS/c14-11-2-1-9-3-5-15-6-4-10(9)13(11)19-7-12-16-8-18-17-12/h1-2,8,15H,3-7H2. The number of aromatic nitrogens is 2. The molecule has 100 valence electrons. The van der Waals surface area contributed by atoms with Crippen LogP contribution < -0.4 is 5.32 Å². The second-order valence-electron chi connectivity index (χ2n) is 4.40.